The van der Waals surface area contributed by atoms with Crippen LogP contribution in [0.25, 0.3) is 33.6 Å². The molecule has 45 heavy (non-hydrogen) atoms. The van der Waals surface area contributed by atoms with E-state index in [0.717, 1.165) is 16.3 Å². The van der Waals surface area contributed by atoms with E-state index in [-0.39, 0.29) is 37.4 Å². The molecule has 0 aliphatic heterocycles. The molecule has 11 nitrogen and oxygen atoms in total. The van der Waals surface area contributed by atoms with Gasteiger partial charge in [-0.25, -0.2) is 0 Å². The van der Waals surface area contributed by atoms with Gasteiger partial charge in [-0.3, -0.25) is 14.4 Å². The second-order valence-electron chi connectivity index (χ2n) is 10.8. The van der Waals surface area contributed by atoms with Crippen molar-refractivity contribution in [1.82, 2.24) is 10.1 Å². The Morgan fingerprint density at radius 1 is 1.00 bits per heavy atom. The van der Waals surface area contributed by atoms with Gasteiger partial charge in [0.25, 0.3) is 5.89 Å². The maximum absolute atomic E-state index is 12.6. The Bertz CT molecular complexity index is 1710. The number of carboxylic acid groups (broad SMARTS) is 1. The van der Waals surface area contributed by atoms with Gasteiger partial charge in [-0.1, -0.05) is 54.4 Å². The fourth-order valence-electron chi connectivity index (χ4n) is 4.91. The molecule has 0 fully saturated rings. The SMILES string of the molecule is COC(=O)CCCCCC(CC(=O)OCc1ccc(-c2noc(-c3ccc(OC(C)C)c(C#N)c3)n2)c2ccccc12)C(=O)O. The van der Waals surface area contributed by atoms with Crippen molar-refractivity contribution in [1.29, 1.82) is 5.26 Å². The van der Waals surface area contributed by atoms with Crippen LogP contribution in [0.15, 0.2) is 59.1 Å². The van der Waals surface area contributed by atoms with Crippen molar-refractivity contribution in [3.05, 3.63) is 65.7 Å². The lowest BCUT2D eigenvalue weighted by Crippen LogP contribution is -2.19. The average Bonchev–Trinajstić information content (AvgIpc) is 3.52. The molecule has 0 aliphatic carbocycles. The molecule has 0 radical (unpaired) electrons. The van der Waals surface area contributed by atoms with Crippen LogP contribution < -0.4 is 4.74 Å². The summed E-state index contributed by atoms with van der Waals surface area (Å²) in [5.41, 5.74) is 2.38. The van der Waals surface area contributed by atoms with Gasteiger partial charge in [-0.15, -0.1) is 0 Å². The zero-order valence-electron chi connectivity index (χ0n) is 25.4. The third-order valence-corrected chi connectivity index (χ3v) is 7.20. The van der Waals surface area contributed by atoms with Gasteiger partial charge in [0, 0.05) is 17.5 Å². The third kappa shape index (κ3) is 8.66. The second-order valence-corrected chi connectivity index (χ2v) is 10.8. The summed E-state index contributed by atoms with van der Waals surface area (Å²) in [6, 6.07) is 18.4. The molecule has 0 saturated carbocycles. The molecule has 0 saturated heterocycles. The minimum Gasteiger partial charge on any atom is -0.490 e. The number of hydrogen-bond acceptors (Lipinski definition) is 10. The van der Waals surface area contributed by atoms with Crippen LogP contribution in [0, 0.1) is 17.2 Å². The highest BCUT2D eigenvalue weighted by molar-refractivity contribution is 5.97. The van der Waals surface area contributed by atoms with Crippen molar-refractivity contribution < 1.29 is 38.2 Å². The van der Waals surface area contributed by atoms with Gasteiger partial charge in [0.1, 0.15) is 18.4 Å². The fraction of sp³-hybridized carbons (Fsp3) is 0.353. The Morgan fingerprint density at radius 2 is 1.78 bits per heavy atom. The van der Waals surface area contributed by atoms with Crippen LogP contribution in [0.2, 0.25) is 0 Å². The van der Waals surface area contributed by atoms with E-state index in [9.17, 15) is 24.8 Å². The Balaban J connectivity index is 1.44. The first-order valence-electron chi connectivity index (χ1n) is 14.7. The van der Waals surface area contributed by atoms with Crippen molar-refractivity contribution in [2.75, 3.05) is 7.11 Å². The van der Waals surface area contributed by atoms with Crippen LogP contribution in [0.5, 0.6) is 5.75 Å². The molecule has 4 aromatic rings. The predicted octanol–water partition coefficient (Wildman–Crippen LogP) is 6.47. The Morgan fingerprint density at radius 3 is 2.49 bits per heavy atom. The van der Waals surface area contributed by atoms with Crippen LogP contribution in [0.1, 0.15) is 63.5 Å². The summed E-state index contributed by atoms with van der Waals surface area (Å²) in [5.74, 6) is -1.76. The zero-order valence-corrected chi connectivity index (χ0v) is 25.4. The topological polar surface area (TPSA) is 162 Å². The van der Waals surface area contributed by atoms with Gasteiger partial charge in [-0.05, 0) is 61.2 Å². The van der Waals surface area contributed by atoms with Crippen molar-refractivity contribution in [2.24, 2.45) is 5.92 Å². The summed E-state index contributed by atoms with van der Waals surface area (Å²) in [4.78, 5) is 40.2. The number of nitriles is 1. The average molecular weight is 614 g/mol. The monoisotopic (exact) mass is 613 g/mol. The lowest BCUT2D eigenvalue weighted by atomic mass is 9.97. The van der Waals surface area contributed by atoms with E-state index in [1.54, 1.807) is 18.2 Å². The standard InChI is InChI=1S/C34H35N3O8/c1-21(2)44-29-16-14-22(17-25(29)19-35)33-36-32(37-45-33)28-15-13-24(26-10-7-8-11-27(26)28)20-43-31(39)18-23(34(40)41)9-5-4-6-12-30(38)42-3/h7-8,10-11,13-17,21,23H,4-6,9,12,18,20H2,1-3H3,(H,40,41). The van der Waals surface area contributed by atoms with E-state index >= 15 is 0 Å². The molecule has 1 aromatic heterocycles. The number of carbonyl (C=O) groups excluding carboxylic acids is 2. The number of unbranched alkanes of at least 4 members (excludes halogenated alkanes) is 2. The van der Waals surface area contributed by atoms with Gasteiger partial charge >= 0.3 is 17.9 Å². The van der Waals surface area contributed by atoms with E-state index < -0.39 is 17.9 Å². The highest BCUT2D eigenvalue weighted by Gasteiger charge is 2.22. The number of nitrogens with zero attached hydrogens (tertiary/aromatic N) is 3. The smallest absolute Gasteiger partial charge is 0.307 e. The summed E-state index contributed by atoms with van der Waals surface area (Å²) in [6.45, 7) is 3.73. The first-order valence-corrected chi connectivity index (χ1v) is 14.7. The minimum absolute atomic E-state index is 0.0374. The number of carboxylic acids is 1. The number of aliphatic carboxylic acids is 1. The zero-order chi connectivity index (χ0) is 32.3. The maximum atomic E-state index is 12.6. The normalized spacial score (nSPS) is 11.6. The molecule has 234 valence electrons. The minimum atomic E-state index is -1.06. The summed E-state index contributed by atoms with van der Waals surface area (Å²) < 4.78 is 21.4. The van der Waals surface area contributed by atoms with E-state index in [2.05, 4.69) is 20.9 Å². The molecular formula is C34H35N3O8. The lowest BCUT2D eigenvalue weighted by molar-refractivity contribution is -0.152. The van der Waals surface area contributed by atoms with E-state index in [1.165, 1.54) is 7.11 Å². The molecule has 11 heteroatoms. The Kier molecular flexibility index (Phi) is 11.2. The summed E-state index contributed by atoms with van der Waals surface area (Å²) >= 11 is 0. The molecule has 0 spiro atoms. The van der Waals surface area contributed by atoms with Gasteiger partial charge in [-0.2, -0.15) is 10.2 Å². The molecule has 1 atom stereocenters. The Hall–Kier alpha value is -5.24. The number of methoxy groups -OCH3 is 1. The number of ether oxygens (including phenoxy) is 3. The van der Waals surface area contributed by atoms with Crippen molar-refractivity contribution in [2.45, 2.75) is 65.1 Å². The van der Waals surface area contributed by atoms with E-state index in [4.69, 9.17) is 14.0 Å². The summed E-state index contributed by atoms with van der Waals surface area (Å²) in [5, 5.41) is 25.0. The van der Waals surface area contributed by atoms with E-state index in [0.29, 0.717) is 53.9 Å². The number of fused-ring (bicyclic) bond motifs is 1. The van der Waals surface area contributed by atoms with Crippen LogP contribution >= 0.6 is 0 Å². The first-order chi connectivity index (χ1) is 21.7. The van der Waals surface area contributed by atoms with Gasteiger partial charge in [0.2, 0.25) is 5.82 Å². The van der Waals surface area contributed by atoms with Crippen molar-refractivity contribution >= 4 is 28.7 Å². The summed E-state index contributed by atoms with van der Waals surface area (Å²) in [7, 11) is 1.33. The molecule has 1 heterocycles. The quantitative estimate of drug-likeness (QED) is 0.115. The maximum Gasteiger partial charge on any atom is 0.307 e. The van der Waals surface area contributed by atoms with Crippen LogP contribution in [-0.2, 0) is 30.5 Å². The predicted molar refractivity (Wildman–Crippen MR) is 164 cm³/mol. The van der Waals surface area contributed by atoms with Gasteiger partial charge in [0.05, 0.1) is 31.1 Å². The van der Waals surface area contributed by atoms with Gasteiger partial charge in [0.15, 0.2) is 0 Å². The molecule has 0 aliphatic rings. The lowest BCUT2D eigenvalue weighted by Gasteiger charge is -2.13. The number of benzene rings is 3. The van der Waals surface area contributed by atoms with Gasteiger partial charge < -0.3 is 23.8 Å². The molecule has 1 N–H and O–H groups in total. The second kappa shape index (κ2) is 15.5. The number of esters is 2. The fourth-order valence-corrected chi connectivity index (χ4v) is 4.91. The highest BCUT2D eigenvalue weighted by atomic mass is 16.5. The van der Waals surface area contributed by atoms with Crippen LogP contribution in [0.3, 0.4) is 0 Å². The number of hydrogen-bond donors (Lipinski definition) is 1. The van der Waals surface area contributed by atoms with Crippen LogP contribution in [-0.4, -0.2) is 46.4 Å². The molecular weight excluding hydrogens is 578 g/mol. The van der Waals surface area contributed by atoms with E-state index in [1.807, 2.05) is 50.2 Å². The molecule has 0 bridgehead atoms. The summed E-state index contributed by atoms with van der Waals surface area (Å²) in [6.07, 6.45) is 2.09. The number of rotatable bonds is 15. The molecule has 0 amide bonds. The molecule has 1 unspecified atom stereocenters. The first kappa shape index (κ1) is 32.7. The molecule has 3 aromatic carbocycles. The molecule has 4 rings (SSSR count). The van der Waals surface area contributed by atoms with Crippen LogP contribution in [0.4, 0.5) is 0 Å². The largest absolute Gasteiger partial charge is 0.490 e. The number of carbonyl (C=O) groups is 3. The highest BCUT2D eigenvalue weighted by Crippen LogP contribution is 2.32. The van der Waals surface area contributed by atoms with Crippen molar-refractivity contribution in [3.63, 3.8) is 0 Å². The number of aromatic nitrogens is 2. The third-order valence-electron chi connectivity index (χ3n) is 7.20. The Labute approximate surface area is 260 Å². The van der Waals surface area contributed by atoms with Crippen molar-refractivity contribution in [3.8, 4) is 34.7 Å².